The Balaban J connectivity index is 3.06. The summed E-state index contributed by atoms with van der Waals surface area (Å²) in [5, 5.41) is 8.65. The van der Waals surface area contributed by atoms with Crippen molar-refractivity contribution in [1.82, 2.24) is 0 Å². The van der Waals surface area contributed by atoms with Gasteiger partial charge in [-0.15, -0.1) is 11.8 Å². The van der Waals surface area contributed by atoms with Crippen LogP contribution >= 0.6 is 11.8 Å². The van der Waals surface area contributed by atoms with Crippen LogP contribution in [0.3, 0.4) is 0 Å². The van der Waals surface area contributed by atoms with E-state index in [-0.39, 0.29) is 22.2 Å². The van der Waals surface area contributed by atoms with E-state index in [1.165, 1.54) is 0 Å². The molecule has 0 heterocycles. The van der Waals surface area contributed by atoms with Crippen molar-refractivity contribution in [3.63, 3.8) is 0 Å². The van der Waals surface area contributed by atoms with Crippen molar-refractivity contribution in [2.45, 2.75) is 47.1 Å². The standard InChI is InChI=1S/C15H9F13O2S/c16-10(17,5-6-31-8-3-1-7(2-4-8)9(29)30)11(18,19)12(20,21)13(22,23)14(24,25)15(26,27)28/h1-4H,5-6H2,(H,29,30). The van der Waals surface area contributed by atoms with Gasteiger partial charge in [-0.05, 0) is 24.3 Å². The highest BCUT2D eigenvalue weighted by molar-refractivity contribution is 7.99. The number of carboxylic acids is 1. The molecule has 0 amide bonds. The van der Waals surface area contributed by atoms with Crippen LogP contribution in [0.4, 0.5) is 57.1 Å². The third-order valence-corrected chi connectivity index (χ3v) is 4.80. The van der Waals surface area contributed by atoms with Crippen molar-refractivity contribution >= 4 is 17.7 Å². The molecule has 0 aliphatic heterocycles. The van der Waals surface area contributed by atoms with E-state index >= 15 is 0 Å². The Bertz CT molecular complexity index is 787. The molecule has 16 heteroatoms. The van der Waals surface area contributed by atoms with E-state index in [1.807, 2.05) is 0 Å². The Kier molecular flexibility index (Phi) is 7.22. The quantitative estimate of drug-likeness (QED) is 0.307. The number of halogens is 13. The Labute approximate surface area is 168 Å². The molecule has 0 aliphatic carbocycles. The summed E-state index contributed by atoms with van der Waals surface area (Å²) >= 11 is 0.245. The molecular formula is C15H9F13O2S. The van der Waals surface area contributed by atoms with Crippen LogP contribution in [-0.4, -0.2) is 52.6 Å². The van der Waals surface area contributed by atoms with Crippen LogP contribution < -0.4 is 0 Å². The Morgan fingerprint density at radius 2 is 1.13 bits per heavy atom. The highest BCUT2D eigenvalue weighted by Crippen LogP contribution is 2.60. The Hall–Kier alpha value is -1.87. The number of carbonyl (C=O) groups is 1. The van der Waals surface area contributed by atoms with Gasteiger partial charge in [0.1, 0.15) is 0 Å². The molecule has 0 saturated carbocycles. The number of carboxylic acid groups (broad SMARTS) is 1. The fourth-order valence-corrected chi connectivity index (χ4v) is 2.87. The maximum atomic E-state index is 13.6. The van der Waals surface area contributed by atoms with Crippen LogP contribution in [0.15, 0.2) is 29.2 Å². The SMILES string of the molecule is O=C(O)c1ccc(SCCC(F)(F)C(F)(F)C(F)(F)C(F)(F)C(F)(F)C(F)(F)F)cc1. The second kappa shape index (κ2) is 8.24. The zero-order valence-corrected chi connectivity index (χ0v) is 15.2. The molecule has 2 nitrogen and oxygen atoms in total. The number of alkyl halides is 13. The van der Waals surface area contributed by atoms with Crippen LogP contribution in [0.1, 0.15) is 16.8 Å². The Morgan fingerprint density at radius 3 is 1.52 bits per heavy atom. The molecule has 0 aromatic heterocycles. The summed E-state index contributed by atoms with van der Waals surface area (Å²) in [4.78, 5) is 10.6. The van der Waals surface area contributed by atoms with Crippen molar-refractivity contribution in [2.24, 2.45) is 0 Å². The largest absolute Gasteiger partial charge is 0.478 e. The molecule has 0 bridgehead atoms. The maximum absolute atomic E-state index is 13.6. The minimum Gasteiger partial charge on any atom is -0.478 e. The van der Waals surface area contributed by atoms with Gasteiger partial charge in [0.15, 0.2) is 0 Å². The molecule has 0 fully saturated rings. The van der Waals surface area contributed by atoms with Crippen LogP contribution in [0.25, 0.3) is 0 Å². The summed E-state index contributed by atoms with van der Waals surface area (Å²) in [6.07, 6.45) is -9.77. The van der Waals surface area contributed by atoms with Crippen LogP contribution in [0, 0.1) is 0 Å². The summed E-state index contributed by atoms with van der Waals surface area (Å²) in [5.74, 6) is -39.5. The minimum atomic E-state index is -7.91. The fourth-order valence-electron chi connectivity index (χ4n) is 1.95. The van der Waals surface area contributed by atoms with E-state index in [9.17, 15) is 61.9 Å². The first-order chi connectivity index (χ1) is 13.6. The first kappa shape index (κ1) is 27.2. The molecule has 0 radical (unpaired) electrons. The normalized spacial score (nSPS) is 14.6. The van der Waals surface area contributed by atoms with Gasteiger partial charge in [0.25, 0.3) is 0 Å². The van der Waals surface area contributed by atoms with Crippen molar-refractivity contribution in [3.8, 4) is 0 Å². The van der Waals surface area contributed by atoms with Gasteiger partial charge in [-0.1, -0.05) is 0 Å². The van der Waals surface area contributed by atoms with Crippen molar-refractivity contribution in [3.05, 3.63) is 29.8 Å². The van der Waals surface area contributed by atoms with Gasteiger partial charge in [-0.25, -0.2) is 4.79 Å². The van der Waals surface area contributed by atoms with Gasteiger partial charge in [0.05, 0.1) is 5.56 Å². The average molecular weight is 500 g/mol. The van der Waals surface area contributed by atoms with E-state index in [4.69, 9.17) is 5.11 Å². The summed E-state index contributed by atoms with van der Waals surface area (Å²) in [5.41, 5.74) is -0.270. The monoisotopic (exact) mass is 500 g/mol. The number of hydrogen-bond donors (Lipinski definition) is 1. The third-order valence-electron chi connectivity index (χ3n) is 3.78. The molecule has 1 aromatic carbocycles. The number of thioether (sulfide) groups is 1. The third kappa shape index (κ3) is 4.67. The van der Waals surface area contributed by atoms with Crippen LogP contribution in [-0.2, 0) is 0 Å². The van der Waals surface area contributed by atoms with E-state index in [0.29, 0.717) is 0 Å². The van der Waals surface area contributed by atoms with Gasteiger partial charge in [0, 0.05) is 17.1 Å². The van der Waals surface area contributed by atoms with Gasteiger partial charge in [-0.2, -0.15) is 57.1 Å². The number of rotatable bonds is 9. The molecule has 1 N–H and O–H groups in total. The lowest BCUT2D eigenvalue weighted by Gasteiger charge is -2.39. The Morgan fingerprint density at radius 1 is 0.710 bits per heavy atom. The first-order valence-electron chi connectivity index (χ1n) is 7.55. The van der Waals surface area contributed by atoms with Crippen molar-refractivity contribution in [2.75, 3.05) is 5.75 Å². The van der Waals surface area contributed by atoms with E-state index < -0.39 is 53.9 Å². The first-order valence-corrected chi connectivity index (χ1v) is 8.54. The molecule has 0 unspecified atom stereocenters. The average Bonchev–Trinajstić information content (AvgIpc) is 2.60. The van der Waals surface area contributed by atoms with Gasteiger partial charge >= 0.3 is 41.8 Å². The summed E-state index contributed by atoms with van der Waals surface area (Å²) in [7, 11) is 0. The molecule has 1 rings (SSSR count). The van der Waals surface area contributed by atoms with Gasteiger partial charge in [0.2, 0.25) is 0 Å². The highest BCUT2D eigenvalue weighted by Gasteiger charge is 2.90. The zero-order valence-electron chi connectivity index (χ0n) is 14.4. The van der Waals surface area contributed by atoms with Gasteiger partial charge < -0.3 is 5.11 Å². The molecule has 0 aliphatic rings. The molecule has 1 aromatic rings. The second-order valence-corrected chi connectivity index (χ2v) is 7.10. The zero-order chi connectivity index (χ0) is 24.7. The topological polar surface area (TPSA) is 37.3 Å². The minimum absolute atomic E-state index is 0.0511. The number of aromatic carboxylic acids is 1. The number of benzene rings is 1. The molecule has 0 atom stereocenters. The van der Waals surface area contributed by atoms with E-state index in [2.05, 4.69) is 0 Å². The highest BCUT2D eigenvalue weighted by atomic mass is 32.2. The van der Waals surface area contributed by atoms with E-state index in [1.54, 1.807) is 0 Å². The van der Waals surface area contributed by atoms with Gasteiger partial charge in [-0.3, -0.25) is 0 Å². The summed E-state index contributed by atoms with van der Waals surface area (Å²) in [6.45, 7) is 0. The summed E-state index contributed by atoms with van der Waals surface area (Å²) in [6, 6.07) is 3.89. The van der Waals surface area contributed by atoms with Crippen LogP contribution in [0.5, 0.6) is 0 Å². The lowest BCUT2D eigenvalue weighted by Crippen LogP contribution is -2.70. The predicted molar refractivity (Wildman–Crippen MR) is 79.5 cm³/mol. The summed E-state index contributed by atoms with van der Waals surface area (Å²) < 4.78 is 168. The molecular weight excluding hydrogens is 491 g/mol. The molecule has 178 valence electrons. The predicted octanol–water partition coefficient (Wildman–Crippen LogP) is 6.61. The van der Waals surface area contributed by atoms with Crippen molar-refractivity contribution < 1.29 is 67.0 Å². The fraction of sp³-hybridized carbons (Fsp3) is 0.533. The lowest BCUT2D eigenvalue weighted by atomic mass is 9.93. The van der Waals surface area contributed by atoms with Crippen molar-refractivity contribution in [1.29, 1.82) is 0 Å². The van der Waals surface area contributed by atoms with Crippen LogP contribution in [0.2, 0.25) is 0 Å². The van der Waals surface area contributed by atoms with E-state index in [0.717, 1.165) is 24.3 Å². The smallest absolute Gasteiger partial charge is 0.460 e. The molecule has 0 spiro atoms. The lowest BCUT2D eigenvalue weighted by molar-refractivity contribution is -0.439. The maximum Gasteiger partial charge on any atom is 0.460 e. The molecule has 31 heavy (non-hydrogen) atoms. The second-order valence-electron chi connectivity index (χ2n) is 5.93. The molecule has 0 saturated heterocycles. The number of hydrogen-bond acceptors (Lipinski definition) is 2.